The van der Waals surface area contributed by atoms with Crippen molar-refractivity contribution in [1.29, 1.82) is 0 Å². The number of carbonyl (C=O) groups is 1. The first kappa shape index (κ1) is 19.5. The van der Waals surface area contributed by atoms with Crippen LogP contribution in [0.4, 0.5) is 0 Å². The molecular formula is C19H20N2O4S. The van der Waals surface area contributed by atoms with Crippen molar-refractivity contribution in [2.24, 2.45) is 5.73 Å². The molecule has 2 aromatic rings. The summed E-state index contributed by atoms with van der Waals surface area (Å²) in [7, 11) is -3.61. The molecule has 6 nitrogen and oxygen atoms in total. The molecule has 136 valence electrons. The topological polar surface area (TPSA) is 98.5 Å². The van der Waals surface area contributed by atoms with Gasteiger partial charge in [0.25, 0.3) is 5.91 Å². The Morgan fingerprint density at radius 2 is 1.85 bits per heavy atom. The summed E-state index contributed by atoms with van der Waals surface area (Å²) in [4.78, 5) is 11.5. The second-order valence-corrected chi connectivity index (χ2v) is 7.34. The number of aryl methyl sites for hydroxylation is 2. The lowest BCUT2D eigenvalue weighted by atomic mass is 10.1. The normalized spacial score (nSPS) is 10.7. The molecular weight excluding hydrogens is 352 g/mol. The van der Waals surface area contributed by atoms with E-state index in [0.29, 0.717) is 5.75 Å². The Balaban J connectivity index is 1.91. The fourth-order valence-electron chi connectivity index (χ4n) is 2.12. The summed E-state index contributed by atoms with van der Waals surface area (Å²) in [6, 6.07) is 11.5. The SMILES string of the molecule is Cc1ccc(S(=O)(=O)NCC#CCOc2ccccc2C(N)=O)cc1C. The molecule has 3 N–H and O–H groups in total. The average Bonchev–Trinajstić information content (AvgIpc) is 2.60. The van der Waals surface area contributed by atoms with Gasteiger partial charge in [0.1, 0.15) is 12.4 Å². The van der Waals surface area contributed by atoms with Crippen LogP contribution < -0.4 is 15.2 Å². The standard InChI is InChI=1S/C19H20N2O4S/c1-14-9-10-16(13-15(14)2)26(23,24)21-11-5-6-12-25-18-8-4-3-7-17(18)19(20)22/h3-4,7-10,13,21H,11-12H2,1-2H3,(H2,20,22). The summed E-state index contributed by atoms with van der Waals surface area (Å²) < 4.78 is 32.2. The number of rotatable bonds is 6. The third-order valence-electron chi connectivity index (χ3n) is 3.72. The van der Waals surface area contributed by atoms with Crippen LogP contribution in [0.2, 0.25) is 0 Å². The minimum Gasteiger partial charge on any atom is -0.480 e. The molecule has 0 radical (unpaired) electrons. The van der Waals surface area contributed by atoms with Crippen LogP contribution in [0.15, 0.2) is 47.4 Å². The van der Waals surface area contributed by atoms with Crippen molar-refractivity contribution in [3.63, 3.8) is 0 Å². The molecule has 1 amide bonds. The Kier molecular flexibility index (Phi) is 6.39. The van der Waals surface area contributed by atoms with Crippen molar-refractivity contribution >= 4 is 15.9 Å². The van der Waals surface area contributed by atoms with Gasteiger partial charge in [-0.25, -0.2) is 8.42 Å². The largest absolute Gasteiger partial charge is 0.480 e. The van der Waals surface area contributed by atoms with Gasteiger partial charge in [0, 0.05) is 0 Å². The molecule has 0 atom stereocenters. The fourth-order valence-corrected chi connectivity index (χ4v) is 3.13. The van der Waals surface area contributed by atoms with Crippen LogP contribution in [0.3, 0.4) is 0 Å². The number of ether oxygens (including phenoxy) is 1. The van der Waals surface area contributed by atoms with Crippen LogP contribution in [-0.2, 0) is 10.0 Å². The molecule has 0 aliphatic heterocycles. The van der Waals surface area contributed by atoms with E-state index < -0.39 is 15.9 Å². The maximum atomic E-state index is 12.2. The van der Waals surface area contributed by atoms with E-state index in [-0.39, 0.29) is 23.6 Å². The summed E-state index contributed by atoms with van der Waals surface area (Å²) in [6.45, 7) is 3.74. The molecule has 0 spiro atoms. The number of benzene rings is 2. The van der Waals surface area contributed by atoms with Gasteiger partial charge in [-0.05, 0) is 49.2 Å². The van der Waals surface area contributed by atoms with Crippen molar-refractivity contribution in [2.45, 2.75) is 18.7 Å². The first-order chi connectivity index (χ1) is 12.3. The number of amides is 1. The molecule has 0 saturated heterocycles. The third-order valence-corrected chi connectivity index (χ3v) is 5.12. The highest BCUT2D eigenvalue weighted by atomic mass is 32.2. The number of carbonyl (C=O) groups excluding carboxylic acids is 1. The number of nitrogens with two attached hydrogens (primary N) is 1. The lowest BCUT2D eigenvalue weighted by molar-refractivity contribution is 0.0997. The lowest BCUT2D eigenvalue weighted by Crippen LogP contribution is -2.24. The van der Waals surface area contributed by atoms with Crippen LogP contribution >= 0.6 is 0 Å². The second-order valence-electron chi connectivity index (χ2n) is 5.57. The van der Waals surface area contributed by atoms with Gasteiger partial charge in [0.15, 0.2) is 0 Å². The van der Waals surface area contributed by atoms with E-state index >= 15 is 0 Å². The lowest BCUT2D eigenvalue weighted by Gasteiger charge is -2.07. The van der Waals surface area contributed by atoms with Gasteiger partial charge in [-0.3, -0.25) is 4.79 Å². The van der Waals surface area contributed by atoms with Crippen LogP contribution in [0, 0.1) is 25.7 Å². The van der Waals surface area contributed by atoms with E-state index in [0.717, 1.165) is 11.1 Å². The van der Waals surface area contributed by atoms with Crippen LogP contribution in [0.25, 0.3) is 0 Å². The molecule has 0 bridgehead atoms. The van der Waals surface area contributed by atoms with Gasteiger partial charge in [-0.15, -0.1) is 0 Å². The molecule has 0 heterocycles. The molecule has 0 fully saturated rings. The van der Waals surface area contributed by atoms with Gasteiger partial charge >= 0.3 is 0 Å². The Morgan fingerprint density at radius 3 is 2.54 bits per heavy atom. The summed E-state index contributed by atoms with van der Waals surface area (Å²) in [5.74, 6) is 5.12. The van der Waals surface area contributed by atoms with Gasteiger partial charge < -0.3 is 10.5 Å². The van der Waals surface area contributed by atoms with E-state index in [1.807, 2.05) is 13.8 Å². The zero-order valence-corrected chi connectivity index (χ0v) is 15.4. The second kappa shape index (κ2) is 8.52. The summed E-state index contributed by atoms with van der Waals surface area (Å²) in [6.07, 6.45) is 0. The Hall–Kier alpha value is -2.82. The van der Waals surface area contributed by atoms with Gasteiger partial charge in [0.05, 0.1) is 17.0 Å². The average molecular weight is 372 g/mol. The van der Waals surface area contributed by atoms with Gasteiger partial charge in [-0.2, -0.15) is 4.72 Å². The van der Waals surface area contributed by atoms with Gasteiger partial charge in [0.2, 0.25) is 10.0 Å². The minimum atomic E-state index is -3.61. The Morgan fingerprint density at radius 1 is 1.12 bits per heavy atom. The molecule has 2 aromatic carbocycles. The summed E-state index contributed by atoms with van der Waals surface area (Å²) in [5.41, 5.74) is 7.45. The van der Waals surface area contributed by atoms with E-state index in [1.165, 1.54) is 0 Å². The number of hydrogen-bond acceptors (Lipinski definition) is 4. The Labute approximate surface area is 153 Å². The monoisotopic (exact) mass is 372 g/mol. The fraction of sp³-hybridized carbons (Fsp3) is 0.211. The number of primary amides is 1. The number of para-hydroxylation sites is 1. The minimum absolute atomic E-state index is 0.00958. The molecule has 0 aliphatic carbocycles. The zero-order chi connectivity index (χ0) is 19.2. The third kappa shape index (κ3) is 5.09. The van der Waals surface area contributed by atoms with Crippen molar-refractivity contribution < 1.29 is 17.9 Å². The highest BCUT2D eigenvalue weighted by Gasteiger charge is 2.13. The van der Waals surface area contributed by atoms with E-state index in [9.17, 15) is 13.2 Å². The number of sulfonamides is 1. The predicted molar refractivity (Wildman–Crippen MR) is 99.3 cm³/mol. The van der Waals surface area contributed by atoms with Crippen molar-refractivity contribution in [2.75, 3.05) is 13.2 Å². The molecule has 26 heavy (non-hydrogen) atoms. The predicted octanol–water partition coefficient (Wildman–Crippen LogP) is 1.76. The molecule has 0 saturated carbocycles. The van der Waals surface area contributed by atoms with Crippen molar-refractivity contribution in [3.05, 3.63) is 59.2 Å². The molecule has 0 aromatic heterocycles. The highest BCUT2D eigenvalue weighted by molar-refractivity contribution is 7.89. The Bertz CT molecular complexity index is 973. The maximum Gasteiger partial charge on any atom is 0.252 e. The number of hydrogen-bond donors (Lipinski definition) is 2. The molecule has 0 aliphatic rings. The smallest absolute Gasteiger partial charge is 0.252 e. The van der Waals surface area contributed by atoms with E-state index in [1.54, 1.807) is 42.5 Å². The molecule has 7 heteroatoms. The van der Waals surface area contributed by atoms with Gasteiger partial charge in [-0.1, -0.05) is 30.0 Å². The highest BCUT2D eigenvalue weighted by Crippen LogP contribution is 2.17. The van der Waals surface area contributed by atoms with Crippen LogP contribution in [0.1, 0.15) is 21.5 Å². The van der Waals surface area contributed by atoms with E-state index in [2.05, 4.69) is 16.6 Å². The summed E-state index contributed by atoms with van der Waals surface area (Å²) >= 11 is 0. The quantitative estimate of drug-likeness (QED) is 0.755. The molecule has 2 rings (SSSR count). The van der Waals surface area contributed by atoms with E-state index in [4.69, 9.17) is 10.5 Å². The summed E-state index contributed by atoms with van der Waals surface area (Å²) in [5, 5.41) is 0. The van der Waals surface area contributed by atoms with Crippen LogP contribution in [-0.4, -0.2) is 27.5 Å². The van der Waals surface area contributed by atoms with Crippen LogP contribution in [0.5, 0.6) is 5.75 Å². The first-order valence-corrected chi connectivity index (χ1v) is 9.34. The maximum absolute atomic E-state index is 12.2. The zero-order valence-electron chi connectivity index (χ0n) is 14.6. The van der Waals surface area contributed by atoms with Crippen molar-refractivity contribution in [1.82, 2.24) is 4.72 Å². The molecule has 0 unspecified atom stereocenters. The number of nitrogens with one attached hydrogen (secondary N) is 1. The van der Waals surface area contributed by atoms with Crippen molar-refractivity contribution in [3.8, 4) is 17.6 Å². The first-order valence-electron chi connectivity index (χ1n) is 7.85.